The first-order valence-corrected chi connectivity index (χ1v) is 14.9. The average molecular weight is 601 g/mol. The summed E-state index contributed by atoms with van der Waals surface area (Å²) in [4.78, 5) is 28.7. The molecule has 0 spiro atoms. The van der Waals surface area contributed by atoms with Crippen LogP contribution in [0.15, 0.2) is 88.2 Å². The highest BCUT2D eigenvalue weighted by molar-refractivity contribution is 9.10. The molecule has 3 aromatic carbocycles. The Morgan fingerprint density at radius 1 is 0.947 bits per heavy atom. The van der Waals surface area contributed by atoms with Crippen LogP contribution in [0.1, 0.15) is 37.8 Å². The van der Waals surface area contributed by atoms with Crippen molar-refractivity contribution in [1.29, 1.82) is 0 Å². The standard InChI is InChI=1S/C29H34BrN3O4S/c1-4-18-31-29(35)27(5-2)32(20-23-13-10-9-12-22(23)3)28(34)21-33(25-15-11-14-24(30)19-25)38(36,37)26-16-7-6-8-17-26/h6-17,19,27H,4-5,18,20-21H2,1-3H3,(H,31,35)/t27-/m0/s1. The summed E-state index contributed by atoms with van der Waals surface area (Å²) in [6.45, 7) is 5.97. The zero-order valence-corrected chi connectivity index (χ0v) is 24.3. The molecule has 9 heteroatoms. The number of anilines is 1. The van der Waals surface area contributed by atoms with Crippen LogP contribution in [-0.4, -0.2) is 44.3 Å². The lowest BCUT2D eigenvalue weighted by molar-refractivity contribution is -0.140. The number of carbonyl (C=O) groups excluding carboxylic acids is 2. The summed E-state index contributed by atoms with van der Waals surface area (Å²) in [5.74, 6) is -0.720. The normalized spacial score (nSPS) is 12.0. The van der Waals surface area contributed by atoms with Crippen LogP contribution in [0.4, 0.5) is 5.69 Å². The molecule has 0 bridgehead atoms. The van der Waals surface area contributed by atoms with E-state index < -0.39 is 28.5 Å². The fourth-order valence-electron chi connectivity index (χ4n) is 4.14. The smallest absolute Gasteiger partial charge is 0.264 e. The Balaban J connectivity index is 2.05. The summed E-state index contributed by atoms with van der Waals surface area (Å²) in [7, 11) is -4.08. The van der Waals surface area contributed by atoms with Gasteiger partial charge in [0, 0.05) is 17.6 Å². The minimum atomic E-state index is -4.08. The zero-order chi connectivity index (χ0) is 27.7. The summed E-state index contributed by atoms with van der Waals surface area (Å²) >= 11 is 3.41. The Kier molecular flexibility index (Phi) is 10.5. The van der Waals surface area contributed by atoms with Gasteiger partial charge >= 0.3 is 0 Å². The minimum absolute atomic E-state index is 0.0750. The van der Waals surface area contributed by atoms with Gasteiger partial charge in [-0.25, -0.2) is 8.42 Å². The van der Waals surface area contributed by atoms with Gasteiger partial charge in [-0.15, -0.1) is 0 Å². The van der Waals surface area contributed by atoms with Gasteiger partial charge in [0.05, 0.1) is 10.6 Å². The highest BCUT2D eigenvalue weighted by atomic mass is 79.9. The van der Waals surface area contributed by atoms with Crippen LogP contribution in [0.2, 0.25) is 0 Å². The van der Waals surface area contributed by atoms with Gasteiger partial charge in [-0.05, 0) is 61.2 Å². The summed E-state index contributed by atoms with van der Waals surface area (Å²) in [5, 5.41) is 2.90. The molecule has 0 heterocycles. The number of benzene rings is 3. The predicted molar refractivity (Wildman–Crippen MR) is 154 cm³/mol. The molecule has 1 atom stereocenters. The van der Waals surface area contributed by atoms with Crippen LogP contribution < -0.4 is 9.62 Å². The van der Waals surface area contributed by atoms with Crippen LogP contribution in [0.3, 0.4) is 0 Å². The van der Waals surface area contributed by atoms with E-state index >= 15 is 0 Å². The Bertz CT molecular complexity index is 1350. The second-order valence-electron chi connectivity index (χ2n) is 8.97. The van der Waals surface area contributed by atoms with E-state index in [9.17, 15) is 18.0 Å². The second kappa shape index (κ2) is 13.6. The first-order chi connectivity index (χ1) is 18.2. The van der Waals surface area contributed by atoms with Crippen molar-refractivity contribution in [3.05, 3.63) is 94.5 Å². The third-order valence-corrected chi connectivity index (χ3v) is 8.52. The van der Waals surface area contributed by atoms with Crippen molar-refractivity contribution in [1.82, 2.24) is 10.2 Å². The summed E-state index contributed by atoms with van der Waals surface area (Å²) in [6, 6.07) is 21.7. The topological polar surface area (TPSA) is 86.8 Å². The van der Waals surface area contributed by atoms with Crippen molar-refractivity contribution in [3.8, 4) is 0 Å². The van der Waals surface area contributed by atoms with Crippen LogP contribution in [-0.2, 0) is 26.2 Å². The number of amides is 2. The fraction of sp³-hybridized carbons (Fsp3) is 0.310. The van der Waals surface area contributed by atoms with Gasteiger partial charge in [-0.2, -0.15) is 0 Å². The molecule has 38 heavy (non-hydrogen) atoms. The Labute approximate surface area is 234 Å². The molecule has 0 radical (unpaired) electrons. The first kappa shape index (κ1) is 29.4. The summed E-state index contributed by atoms with van der Waals surface area (Å²) in [5.41, 5.74) is 2.22. The minimum Gasteiger partial charge on any atom is -0.354 e. The molecule has 0 fully saturated rings. The highest BCUT2D eigenvalue weighted by Gasteiger charge is 2.33. The van der Waals surface area contributed by atoms with E-state index in [1.807, 2.05) is 45.0 Å². The summed E-state index contributed by atoms with van der Waals surface area (Å²) < 4.78 is 29.4. The highest BCUT2D eigenvalue weighted by Crippen LogP contribution is 2.27. The van der Waals surface area contributed by atoms with Crippen molar-refractivity contribution in [3.63, 3.8) is 0 Å². The molecule has 0 aromatic heterocycles. The zero-order valence-electron chi connectivity index (χ0n) is 21.9. The van der Waals surface area contributed by atoms with Crippen molar-refractivity contribution < 1.29 is 18.0 Å². The molecular formula is C29H34BrN3O4S. The molecule has 0 aliphatic rings. The number of halogens is 1. The molecule has 7 nitrogen and oxygen atoms in total. The number of aryl methyl sites for hydroxylation is 1. The Morgan fingerprint density at radius 3 is 2.26 bits per heavy atom. The number of carbonyl (C=O) groups is 2. The molecule has 0 aliphatic carbocycles. The summed E-state index contributed by atoms with van der Waals surface area (Å²) in [6.07, 6.45) is 1.15. The third-order valence-electron chi connectivity index (χ3n) is 6.24. The van der Waals surface area contributed by atoms with E-state index in [1.54, 1.807) is 42.5 Å². The number of nitrogens with one attached hydrogen (secondary N) is 1. The van der Waals surface area contributed by atoms with E-state index in [0.29, 0.717) is 23.1 Å². The van der Waals surface area contributed by atoms with Crippen molar-refractivity contribution in [2.45, 2.75) is 51.1 Å². The predicted octanol–water partition coefficient (Wildman–Crippen LogP) is 5.29. The lowest BCUT2D eigenvalue weighted by Gasteiger charge is -2.33. The molecule has 0 saturated carbocycles. The van der Waals surface area contributed by atoms with Crippen LogP contribution in [0, 0.1) is 6.92 Å². The lowest BCUT2D eigenvalue weighted by atomic mass is 10.1. The van der Waals surface area contributed by atoms with Gasteiger partial charge in [0.2, 0.25) is 11.8 Å². The largest absolute Gasteiger partial charge is 0.354 e. The Morgan fingerprint density at radius 2 is 1.63 bits per heavy atom. The number of hydrogen-bond donors (Lipinski definition) is 1. The van der Waals surface area contributed by atoms with E-state index in [4.69, 9.17) is 0 Å². The van der Waals surface area contributed by atoms with Crippen LogP contribution >= 0.6 is 15.9 Å². The van der Waals surface area contributed by atoms with Gasteiger partial charge in [0.25, 0.3) is 10.0 Å². The average Bonchev–Trinajstić information content (AvgIpc) is 2.91. The van der Waals surface area contributed by atoms with E-state index in [2.05, 4.69) is 21.2 Å². The third kappa shape index (κ3) is 7.23. The fourth-order valence-corrected chi connectivity index (χ4v) is 5.95. The van der Waals surface area contributed by atoms with Crippen molar-refractivity contribution in [2.75, 3.05) is 17.4 Å². The number of nitrogens with zero attached hydrogens (tertiary/aromatic N) is 2. The van der Waals surface area contributed by atoms with E-state index in [1.165, 1.54) is 17.0 Å². The van der Waals surface area contributed by atoms with Crippen molar-refractivity contribution >= 4 is 43.5 Å². The molecule has 202 valence electrons. The molecule has 3 aromatic rings. The van der Waals surface area contributed by atoms with E-state index in [0.717, 1.165) is 21.9 Å². The van der Waals surface area contributed by atoms with Gasteiger partial charge in [0.1, 0.15) is 12.6 Å². The monoisotopic (exact) mass is 599 g/mol. The first-order valence-electron chi connectivity index (χ1n) is 12.6. The maximum Gasteiger partial charge on any atom is 0.264 e. The molecule has 0 unspecified atom stereocenters. The molecule has 3 rings (SSSR count). The Hall–Kier alpha value is -3.17. The van der Waals surface area contributed by atoms with Crippen LogP contribution in [0.5, 0.6) is 0 Å². The second-order valence-corrected chi connectivity index (χ2v) is 11.7. The molecule has 0 saturated heterocycles. The lowest BCUT2D eigenvalue weighted by Crippen LogP contribution is -2.52. The van der Waals surface area contributed by atoms with Crippen LogP contribution in [0.25, 0.3) is 0 Å². The molecule has 1 N–H and O–H groups in total. The van der Waals surface area contributed by atoms with Gasteiger partial charge in [-0.3, -0.25) is 13.9 Å². The maximum atomic E-state index is 14.0. The number of hydrogen-bond acceptors (Lipinski definition) is 4. The molecule has 0 aliphatic heterocycles. The molecular weight excluding hydrogens is 566 g/mol. The van der Waals surface area contributed by atoms with E-state index in [-0.39, 0.29) is 17.3 Å². The quantitative estimate of drug-likeness (QED) is 0.306. The van der Waals surface area contributed by atoms with Gasteiger partial charge < -0.3 is 10.2 Å². The SMILES string of the molecule is CCCNC(=O)[C@H](CC)N(Cc1ccccc1C)C(=O)CN(c1cccc(Br)c1)S(=O)(=O)c1ccccc1. The van der Waals surface area contributed by atoms with Gasteiger partial charge in [-0.1, -0.05) is 78.3 Å². The number of sulfonamides is 1. The van der Waals surface area contributed by atoms with Gasteiger partial charge in [0.15, 0.2) is 0 Å². The number of rotatable bonds is 12. The maximum absolute atomic E-state index is 14.0. The van der Waals surface area contributed by atoms with Crippen molar-refractivity contribution in [2.24, 2.45) is 0 Å². The molecule has 2 amide bonds.